The molecule has 5 heteroatoms. The Balaban J connectivity index is 2.08. The first kappa shape index (κ1) is 11.7. The number of halogens is 1. The molecule has 0 unspecified atom stereocenters. The van der Waals surface area contributed by atoms with Crippen LogP contribution in [0.25, 0.3) is 11.4 Å². The molecule has 0 bridgehead atoms. The van der Waals surface area contributed by atoms with E-state index in [4.69, 9.17) is 11.6 Å². The van der Waals surface area contributed by atoms with Gasteiger partial charge in [-0.3, -0.25) is 0 Å². The minimum absolute atomic E-state index is 0.495. The second-order valence-electron chi connectivity index (χ2n) is 4.71. The summed E-state index contributed by atoms with van der Waals surface area (Å²) in [4.78, 5) is 13.4. The summed E-state index contributed by atoms with van der Waals surface area (Å²) in [5.74, 6) is 1.36. The minimum atomic E-state index is 0.495. The van der Waals surface area contributed by atoms with Gasteiger partial charge in [0.1, 0.15) is 16.7 Å². The first-order valence-electron chi connectivity index (χ1n) is 6.25. The van der Waals surface area contributed by atoms with Crippen molar-refractivity contribution in [2.24, 2.45) is 0 Å². The molecule has 2 aromatic rings. The molecule has 94 valence electrons. The highest BCUT2D eigenvalue weighted by molar-refractivity contribution is 6.30. The van der Waals surface area contributed by atoms with Gasteiger partial charge in [0.15, 0.2) is 0 Å². The van der Waals surface area contributed by atoms with Gasteiger partial charge >= 0.3 is 0 Å². The first-order chi connectivity index (χ1) is 8.69. The van der Waals surface area contributed by atoms with Gasteiger partial charge in [-0.15, -0.1) is 0 Å². The Morgan fingerprint density at radius 3 is 2.78 bits per heavy atom. The Kier molecular flexibility index (Phi) is 2.82. The van der Waals surface area contributed by atoms with Crippen LogP contribution in [-0.4, -0.2) is 19.5 Å². The average Bonchev–Trinajstić information content (AvgIpc) is 3.11. The van der Waals surface area contributed by atoms with Gasteiger partial charge in [0.05, 0.1) is 12.0 Å². The fourth-order valence-corrected chi connectivity index (χ4v) is 2.11. The van der Waals surface area contributed by atoms with Crippen LogP contribution in [-0.2, 0) is 6.54 Å². The van der Waals surface area contributed by atoms with Gasteiger partial charge in [0.2, 0.25) is 0 Å². The van der Waals surface area contributed by atoms with E-state index in [2.05, 4.69) is 21.9 Å². The second-order valence-corrected chi connectivity index (χ2v) is 5.07. The van der Waals surface area contributed by atoms with Gasteiger partial charge in [-0.1, -0.05) is 11.6 Å². The molecule has 0 spiro atoms. The normalized spacial score (nSPS) is 15.1. The number of aryl methyl sites for hydroxylation is 1. The van der Waals surface area contributed by atoms with E-state index in [9.17, 15) is 0 Å². The molecule has 2 aromatic heterocycles. The van der Waals surface area contributed by atoms with E-state index < -0.39 is 0 Å². The van der Waals surface area contributed by atoms with E-state index in [1.54, 1.807) is 0 Å². The molecule has 0 radical (unpaired) electrons. The summed E-state index contributed by atoms with van der Waals surface area (Å²) in [6, 6.07) is 0. The van der Waals surface area contributed by atoms with Gasteiger partial charge in [0.25, 0.3) is 0 Å². The molecule has 1 aliphatic rings. The van der Waals surface area contributed by atoms with E-state index in [1.165, 1.54) is 12.8 Å². The molecular formula is C13H15ClN4. The van der Waals surface area contributed by atoms with E-state index in [0.717, 1.165) is 29.3 Å². The number of imidazole rings is 1. The molecule has 0 aliphatic heterocycles. The largest absolute Gasteiger partial charge is 0.337 e. The van der Waals surface area contributed by atoms with Crippen molar-refractivity contribution in [2.75, 3.05) is 0 Å². The van der Waals surface area contributed by atoms with Crippen LogP contribution in [0.3, 0.4) is 0 Å². The Morgan fingerprint density at radius 1 is 1.39 bits per heavy atom. The third-order valence-electron chi connectivity index (χ3n) is 3.29. The molecule has 1 aliphatic carbocycles. The lowest BCUT2D eigenvalue weighted by atomic mass is 10.2. The maximum atomic E-state index is 6.20. The maximum absolute atomic E-state index is 6.20. The number of hydrogen-bond acceptors (Lipinski definition) is 3. The lowest BCUT2D eigenvalue weighted by Gasteiger charge is -2.06. The maximum Gasteiger partial charge on any atom is 0.136 e. The third-order valence-corrected chi connectivity index (χ3v) is 3.66. The summed E-state index contributed by atoms with van der Waals surface area (Å²) in [6.45, 7) is 4.93. The van der Waals surface area contributed by atoms with Crippen LogP contribution < -0.4 is 0 Å². The predicted octanol–water partition coefficient (Wildman–Crippen LogP) is 3.20. The molecule has 0 atom stereocenters. The third kappa shape index (κ3) is 2.01. The second kappa shape index (κ2) is 4.35. The number of aromatic nitrogens is 4. The predicted molar refractivity (Wildman–Crippen MR) is 70.6 cm³/mol. The van der Waals surface area contributed by atoms with Crippen molar-refractivity contribution in [1.82, 2.24) is 19.5 Å². The van der Waals surface area contributed by atoms with Crippen LogP contribution in [0, 0.1) is 6.92 Å². The van der Waals surface area contributed by atoms with E-state index in [-0.39, 0.29) is 0 Å². The van der Waals surface area contributed by atoms with Crippen LogP contribution in [0.2, 0.25) is 5.15 Å². The van der Waals surface area contributed by atoms with Crippen molar-refractivity contribution in [2.45, 2.75) is 39.2 Å². The van der Waals surface area contributed by atoms with Gasteiger partial charge in [0, 0.05) is 24.2 Å². The molecular weight excluding hydrogens is 248 g/mol. The van der Waals surface area contributed by atoms with Crippen LogP contribution in [0.15, 0.2) is 12.5 Å². The Bertz CT molecular complexity index is 587. The van der Waals surface area contributed by atoms with Gasteiger partial charge in [-0.25, -0.2) is 15.0 Å². The summed E-state index contributed by atoms with van der Waals surface area (Å²) >= 11 is 6.20. The standard InChI is InChI=1S/C13H15ClN4/c1-3-18-6-10(15-7-18)11-8(2)12(14)17-13(16-11)9-4-5-9/h6-7,9H,3-5H2,1-2H3. The van der Waals surface area contributed by atoms with Crippen LogP contribution in [0.5, 0.6) is 0 Å². The number of hydrogen-bond donors (Lipinski definition) is 0. The lowest BCUT2D eigenvalue weighted by Crippen LogP contribution is -1.99. The van der Waals surface area contributed by atoms with Gasteiger partial charge in [-0.2, -0.15) is 0 Å². The molecule has 4 nitrogen and oxygen atoms in total. The molecule has 2 heterocycles. The fraction of sp³-hybridized carbons (Fsp3) is 0.462. The average molecular weight is 263 g/mol. The SMILES string of the molecule is CCn1cnc(-c2nc(C3CC3)nc(Cl)c2C)c1. The molecule has 0 aromatic carbocycles. The van der Waals surface area contributed by atoms with Crippen molar-refractivity contribution in [1.29, 1.82) is 0 Å². The zero-order valence-electron chi connectivity index (χ0n) is 10.5. The number of nitrogens with zero attached hydrogens (tertiary/aromatic N) is 4. The van der Waals surface area contributed by atoms with E-state index in [1.807, 2.05) is 24.0 Å². The first-order valence-corrected chi connectivity index (χ1v) is 6.63. The van der Waals surface area contributed by atoms with Crippen molar-refractivity contribution in [3.63, 3.8) is 0 Å². The summed E-state index contributed by atoms with van der Waals surface area (Å²) in [6.07, 6.45) is 6.16. The fourth-order valence-electron chi connectivity index (χ4n) is 1.93. The summed E-state index contributed by atoms with van der Waals surface area (Å²) < 4.78 is 2.03. The summed E-state index contributed by atoms with van der Waals surface area (Å²) in [7, 11) is 0. The van der Waals surface area contributed by atoms with Crippen molar-refractivity contribution >= 4 is 11.6 Å². The summed E-state index contributed by atoms with van der Waals surface area (Å²) in [5.41, 5.74) is 2.65. The lowest BCUT2D eigenvalue weighted by molar-refractivity contribution is 0.761. The Hall–Kier alpha value is -1.42. The van der Waals surface area contributed by atoms with Crippen LogP contribution >= 0.6 is 11.6 Å². The van der Waals surface area contributed by atoms with Gasteiger partial charge in [-0.05, 0) is 26.7 Å². The zero-order chi connectivity index (χ0) is 12.7. The quantitative estimate of drug-likeness (QED) is 0.798. The topological polar surface area (TPSA) is 43.6 Å². The van der Waals surface area contributed by atoms with Crippen molar-refractivity contribution in [3.8, 4) is 11.4 Å². The monoisotopic (exact) mass is 262 g/mol. The van der Waals surface area contributed by atoms with Crippen molar-refractivity contribution < 1.29 is 0 Å². The van der Waals surface area contributed by atoms with Crippen molar-refractivity contribution in [3.05, 3.63) is 29.1 Å². The Morgan fingerprint density at radius 2 is 2.17 bits per heavy atom. The highest BCUT2D eigenvalue weighted by Crippen LogP contribution is 2.39. The number of rotatable bonds is 3. The van der Waals surface area contributed by atoms with E-state index in [0.29, 0.717) is 11.1 Å². The molecule has 0 amide bonds. The molecule has 1 fully saturated rings. The van der Waals surface area contributed by atoms with Crippen LogP contribution in [0.1, 0.15) is 37.1 Å². The van der Waals surface area contributed by atoms with Crippen LogP contribution in [0.4, 0.5) is 0 Å². The van der Waals surface area contributed by atoms with E-state index >= 15 is 0 Å². The molecule has 18 heavy (non-hydrogen) atoms. The minimum Gasteiger partial charge on any atom is -0.337 e. The zero-order valence-corrected chi connectivity index (χ0v) is 11.3. The Labute approximate surface area is 111 Å². The molecule has 0 N–H and O–H groups in total. The summed E-state index contributed by atoms with van der Waals surface area (Å²) in [5, 5.41) is 0.549. The van der Waals surface area contributed by atoms with Gasteiger partial charge < -0.3 is 4.57 Å². The molecule has 0 saturated heterocycles. The molecule has 3 rings (SSSR count). The molecule has 1 saturated carbocycles. The highest BCUT2D eigenvalue weighted by atomic mass is 35.5. The highest BCUT2D eigenvalue weighted by Gasteiger charge is 2.28. The smallest absolute Gasteiger partial charge is 0.136 e.